The highest BCUT2D eigenvalue weighted by molar-refractivity contribution is 5.99. The molecule has 2 unspecified atom stereocenters. The van der Waals surface area contributed by atoms with Gasteiger partial charge in [-0.25, -0.2) is 0 Å². The summed E-state index contributed by atoms with van der Waals surface area (Å²) < 4.78 is 10.9. The first-order chi connectivity index (χ1) is 13.3. The molecule has 1 aliphatic heterocycles. The number of nitrogens with one attached hydrogen (secondary N) is 1. The number of carbonyl (C=O) groups excluding carboxylic acids is 3. The summed E-state index contributed by atoms with van der Waals surface area (Å²) in [5.41, 5.74) is 1.26. The van der Waals surface area contributed by atoms with Crippen LogP contribution in [0.25, 0.3) is 0 Å². The predicted octanol–water partition coefficient (Wildman–Crippen LogP) is 2.31. The zero-order chi connectivity index (χ0) is 20.7. The van der Waals surface area contributed by atoms with Crippen LogP contribution in [0.15, 0.2) is 36.4 Å². The van der Waals surface area contributed by atoms with Crippen molar-refractivity contribution in [3.8, 4) is 5.75 Å². The average Bonchev–Trinajstić information content (AvgIpc) is 2.67. The second-order valence-electron chi connectivity index (χ2n) is 6.99. The Labute approximate surface area is 165 Å². The van der Waals surface area contributed by atoms with Crippen LogP contribution in [0.1, 0.15) is 44.0 Å². The Balaban J connectivity index is 2.14. The van der Waals surface area contributed by atoms with Crippen molar-refractivity contribution in [3.63, 3.8) is 0 Å². The monoisotopic (exact) mass is 388 g/mol. The second kappa shape index (κ2) is 9.92. The highest BCUT2D eigenvalue weighted by Gasteiger charge is 2.35. The van der Waals surface area contributed by atoms with E-state index in [1.165, 1.54) is 4.90 Å². The summed E-state index contributed by atoms with van der Waals surface area (Å²) in [6.07, 6.45) is 0.279. The van der Waals surface area contributed by atoms with Gasteiger partial charge in [-0.15, -0.1) is 0 Å². The van der Waals surface area contributed by atoms with Crippen molar-refractivity contribution in [2.24, 2.45) is 0 Å². The van der Waals surface area contributed by atoms with Gasteiger partial charge in [-0.1, -0.05) is 19.6 Å². The summed E-state index contributed by atoms with van der Waals surface area (Å²) in [5, 5.41) is 2.71. The quantitative estimate of drug-likeness (QED) is 0.546. The molecule has 2 amide bonds. The Hall–Kier alpha value is -2.83. The van der Waals surface area contributed by atoms with Crippen LogP contribution in [0.4, 0.5) is 0 Å². The van der Waals surface area contributed by atoms with Crippen LogP contribution in [-0.4, -0.2) is 54.5 Å². The van der Waals surface area contributed by atoms with E-state index in [0.717, 1.165) is 5.57 Å². The van der Waals surface area contributed by atoms with E-state index < -0.39 is 12.0 Å². The van der Waals surface area contributed by atoms with Crippen molar-refractivity contribution in [3.05, 3.63) is 42.0 Å². The number of amides is 2. The van der Waals surface area contributed by atoms with Crippen molar-refractivity contribution >= 4 is 17.8 Å². The molecule has 1 aromatic rings. The maximum Gasteiger partial charge on any atom is 0.308 e. The Morgan fingerprint density at radius 2 is 2.14 bits per heavy atom. The van der Waals surface area contributed by atoms with E-state index in [0.29, 0.717) is 37.4 Å². The summed E-state index contributed by atoms with van der Waals surface area (Å²) in [6, 6.07) is 5.88. The van der Waals surface area contributed by atoms with Gasteiger partial charge in [-0.3, -0.25) is 14.4 Å². The van der Waals surface area contributed by atoms with Gasteiger partial charge in [0.1, 0.15) is 18.4 Å². The first-order valence-corrected chi connectivity index (χ1v) is 9.47. The van der Waals surface area contributed by atoms with Crippen molar-refractivity contribution < 1.29 is 23.9 Å². The van der Waals surface area contributed by atoms with Crippen LogP contribution in [0.5, 0.6) is 5.75 Å². The van der Waals surface area contributed by atoms with E-state index in [4.69, 9.17) is 9.47 Å². The number of rotatable bonds is 8. The first kappa shape index (κ1) is 21.5. The zero-order valence-electron chi connectivity index (χ0n) is 16.7. The van der Waals surface area contributed by atoms with Crippen LogP contribution >= 0.6 is 0 Å². The molecule has 0 saturated carbocycles. The average molecular weight is 388 g/mol. The minimum absolute atomic E-state index is 0.173. The van der Waals surface area contributed by atoms with E-state index in [2.05, 4.69) is 11.9 Å². The topological polar surface area (TPSA) is 84.9 Å². The zero-order valence-corrected chi connectivity index (χ0v) is 16.7. The number of carbonyl (C=O) groups is 3. The summed E-state index contributed by atoms with van der Waals surface area (Å²) in [5.74, 6) is -0.622. The van der Waals surface area contributed by atoms with Gasteiger partial charge in [0, 0.05) is 18.7 Å². The molecule has 1 fully saturated rings. The lowest BCUT2D eigenvalue weighted by molar-refractivity contribution is -0.151. The maximum atomic E-state index is 13.0. The van der Waals surface area contributed by atoms with Crippen LogP contribution in [0.2, 0.25) is 0 Å². The normalized spacial score (nSPS) is 17.5. The lowest BCUT2D eigenvalue weighted by Crippen LogP contribution is -2.57. The van der Waals surface area contributed by atoms with E-state index in [1.807, 2.05) is 13.8 Å². The molecule has 2 atom stereocenters. The van der Waals surface area contributed by atoms with Crippen molar-refractivity contribution in [1.82, 2.24) is 10.2 Å². The Kier molecular flexibility index (Phi) is 7.61. The van der Waals surface area contributed by atoms with Crippen LogP contribution in [0, 0.1) is 0 Å². The highest BCUT2D eigenvalue weighted by Crippen LogP contribution is 2.19. The van der Waals surface area contributed by atoms with Gasteiger partial charge in [-0.2, -0.15) is 0 Å². The van der Waals surface area contributed by atoms with Crippen molar-refractivity contribution in [2.45, 2.75) is 45.8 Å². The number of piperazine rings is 1. The predicted molar refractivity (Wildman–Crippen MR) is 105 cm³/mol. The number of nitrogens with zero attached hydrogens (tertiary/aromatic N) is 1. The van der Waals surface area contributed by atoms with Gasteiger partial charge in [-0.05, 0) is 44.0 Å². The Morgan fingerprint density at radius 1 is 1.39 bits per heavy atom. The van der Waals surface area contributed by atoms with Gasteiger partial charge < -0.3 is 19.7 Å². The summed E-state index contributed by atoms with van der Waals surface area (Å²) in [6.45, 7) is 10.4. The third-order valence-corrected chi connectivity index (χ3v) is 4.43. The molecule has 0 radical (unpaired) electrons. The van der Waals surface area contributed by atoms with Crippen LogP contribution in [-0.2, 0) is 14.3 Å². The lowest BCUT2D eigenvalue weighted by atomic mass is 10.1. The minimum Gasteiger partial charge on any atom is -0.489 e. The van der Waals surface area contributed by atoms with Gasteiger partial charge in [0.05, 0.1) is 12.5 Å². The highest BCUT2D eigenvalue weighted by atomic mass is 16.5. The number of hydrogen-bond donors (Lipinski definition) is 1. The second-order valence-corrected chi connectivity index (χ2v) is 6.99. The standard InChI is InChI=1S/C21H28N2O5/c1-5-15(4)28-19(24)12-18-20(25)22-9-10-23(18)21(26)16-7-6-8-17(11-16)27-13-14(2)3/h6-8,11,15,18H,2,5,9-10,12-13H2,1,3-4H3,(H,22,25). The molecule has 7 heteroatoms. The van der Waals surface area contributed by atoms with Crippen LogP contribution < -0.4 is 10.1 Å². The molecular formula is C21H28N2O5. The Morgan fingerprint density at radius 3 is 2.82 bits per heavy atom. The molecule has 2 rings (SSSR count). The molecule has 152 valence electrons. The van der Waals surface area contributed by atoms with Crippen LogP contribution in [0.3, 0.4) is 0 Å². The van der Waals surface area contributed by atoms with E-state index in [1.54, 1.807) is 31.2 Å². The summed E-state index contributed by atoms with van der Waals surface area (Å²) in [7, 11) is 0. The van der Waals surface area contributed by atoms with E-state index in [9.17, 15) is 14.4 Å². The van der Waals surface area contributed by atoms with E-state index >= 15 is 0 Å². The molecule has 1 N–H and O–H groups in total. The largest absolute Gasteiger partial charge is 0.489 e. The Bertz CT molecular complexity index is 746. The molecule has 1 saturated heterocycles. The number of hydrogen-bond acceptors (Lipinski definition) is 5. The molecule has 1 aliphatic rings. The summed E-state index contributed by atoms with van der Waals surface area (Å²) in [4.78, 5) is 38.9. The lowest BCUT2D eigenvalue weighted by Gasteiger charge is -2.34. The fraction of sp³-hybridized carbons (Fsp3) is 0.476. The van der Waals surface area contributed by atoms with E-state index in [-0.39, 0.29) is 24.3 Å². The molecule has 28 heavy (non-hydrogen) atoms. The number of benzene rings is 1. The third-order valence-electron chi connectivity index (χ3n) is 4.43. The SMILES string of the molecule is C=C(C)COc1cccc(C(=O)N2CCNC(=O)C2CC(=O)OC(C)CC)c1. The molecule has 7 nitrogen and oxygen atoms in total. The molecule has 0 spiro atoms. The molecule has 0 bridgehead atoms. The fourth-order valence-corrected chi connectivity index (χ4v) is 2.77. The van der Waals surface area contributed by atoms with Gasteiger partial charge in [0.2, 0.25) is 5.91 Å². The number of esters is 1. The summed E-state index contributed by atoms with van der Waals surface area (Å²) >= 11 is 0. The smallest absolute Gasteiger partial charge is 0.308 e. The first-order valence-electron chi connectivity index (χ1n) is 9.47. The van der Waals surface area contributed by atoms with Gasteiger partial charge >= 0.3 is 5.97 Å². The molecule has 0 aromatic heterocycles. The molecule has 1 heterocycles. The molecular weight excluding hydrogens is 360 g/mol. The fourth-order valence-electron chi connectivity index (χ4n) is 2.77. The van der Waals surface area contributed by atoms with Gasteiger partial charge in [0.15, 0.2) is 0 Å². The maximum absolute atomic E-state index is 13.0. The molecule has 0 aliphatic carbocycles. The molecule has 1 aromatic carbocycles. The van der Waals surface area contributed by atoms with Crippen molar-refractivity contribution in [1.29, 1.82) is 0 Å². The minimum atomic E-state index is -0.891. The third kappa shape index (κ3) is 5.84. The number of ether oxygens (including phenoxy) is 2. The van der Waals surface area contributed by atoms with Gasteiger partial charge in [0.25, 0.3) is 5.91 Å². The van der Waals surface area contributed by atoms with Crippen molar-refractivity contribution in [2.75, 3.05) is 19.7 Å².